The number of rotatable bonds is 1. The Labute approximate surface area is 98.7 Å². The van der Waals surface area contributed by atoms with Gasteiger partial charge in [0.1, 0.15) is 0 Å². The van der Waals surface area contributed by atoms with E-state index in [-0.39, 0.29) is 0 Å². The van der Waals surface area contributed by atoms with Gasteiger partial charge in [-0.05, 0) is 54.5 Å². The Kier molecular flexibility index (Phi) is 2.75. The Bertz CT molecular complexity index is 492. The van der Waals surface area contributed by atoms with Crippen molar-refractivity contribution in [3.63, 3.8) is 0 Å². The highest BCUT2D eigenvalue weighted by Gasteiger charge is 2.15. The third-order valence-corrected chi connectivity index (χ3v) is 3.32. The van der Waals surface area contributed by atoms with Crippen molar-refractivity contribution in [1.82, 2.24) is 0 Å². The van der Waals surface area contributed by atoms with E-state index in [1.54, 1.807) is 0 Å². The summed E-state index contributed by atoms with van der Waals surface area (Å²) in [4.78, 5) is 0. The summed E-state index contributed by atoms with van der Waals surface area (Å²) in [6.45, 7) is 11.1. The highest BCUT2D eigenvalue weighted by atomic mass is 14.2. The van der Waals surface area contributed by atoms with Gasteiger partial charge >= 0.3 is 0 Å². The molecule has 0 aromatic rings. The van der Waals surface area contributed by atoms with Gasteiger partial charge in [-0.2, -0.15) is 0 Å². The number of aryl methyl sites for hydroxylation is 3. The van der Waals surface area contributed by atoms with E-state index in [2.05, 4.69) is 58.9 Å². The predicted octanol–water partition coefficient (Wildman–Crippen LogP) is 4.84. The largest absolute Gasteiger partial charge is 0.0587 e. The Balaban J connectivity index is 2.81. The van der Waals surface area contributed by atoms with E-state index in [9.17, 15) is 0 Å². The molecule has 0 aromatic carbocycles. The van der Waals surface area contributed by atoms with Gasteiger partial charge in [0, 0.05) is 0 Å². The zero-order valence-corrected chi connectivity index (χ0v) is 10.9. The molecule has 0 atom stereocenters. The fraction of sp³-hybridized carbons (Fsp3) is 0.375. The van der Waals surface area contributed by atoms with E-state index in [1.807, 2.05) is 0 Å². The van der Waals surface area contributed by atoms with Crippen LogP contribution in [0.5, 0.6) is 0 Å². The summed E-state index contributed by atoms with van der Waals surface area (Å²) in [5.41, 5.74) is 8.48. The van der Waals surface area contributed by atoms with Crippen LogP contribution in [0.1, 0.15) is 42.0 Å². The molecule has 0 amide bonds. The van der Waals surface area contributed by atoms with Crippen LogP contribution < -0.4 is 0 Å². The molecule has 0 spiro atoms. The van der Waals surface area contributed by atoms with Crippen molar-refractivity contribution in [2.75, 3.05) is 0 Å². The SMILES string of the molecule is Cc1cc(C)c2ccc(C(C)C)c-2c(C)c1. The Morgan fingerprint density at radius 1 is 0.875 bits per heavy atom. The molecule has 0 saturated heterocycles. The molecule has 0 unspecified atom stereocenters. The smallest absolute Gasteiger partial charge is 0.0117 e. The van der Waals surface area contributed by atoms with Crippen molar-refractivity contribution in [3.8, 4) is 11.1 Å². The minimum Gasteiger partial charge on any atom is -0.0587 e. The van der Waals surface area contributed by atoms with Crippen LogP contribution in [-0.4, -0.2) is 0 Å². The van der Waals surface area contributed by atoms with Gasteiger partial charge in [0.05, 0.1) is 0 Å². The van der Waals surface area contributed by atoms with E-state index < -0.39 is 0 Å². The second-order valence-electron chi connectivity index (χ2n) is 5.13. The molecule has 2 aliphatic carbocycles. The average Bonchev–Trinajstić information content (AvgIpc) is 2.56. The van der Waals surface area contributed by atoms with Crippen LogP contribution >= 0.6 is 0 Å². The van der Waals surface area contributed by atoms with Gasteiger partial charge in [0.15, 0.2) is 0 Å². The summed E-state index contributed by atoms with van der Waals surface area (Å²) in [7, 11) is 0. The molecule has 0 saturated carbocycles. The van der Waals surface area contributed by atoms with E-state index >= 15 is 0 Å². The molecule has 84 valence electrons. The van der Waals surface area contributed by atoms with Crippen molar-refractivity contribution >= 4 is 0 Å². The molecule has 0 bridgehead atoms. The topological polar surface area (TPSA) is 0 Å². The number of hydrogen-bond acceptors (Lipinski definition) is 0. The van der Waals surface area contributed by atoms with Crippen LogP contribution in [0.2, 0.25) is 0 Å². The molecule has 0 aromatic heterocycles. The monoisotopic (exact) mass is 212 g/mol. The van der Waals surface area contributed by atoms with Gasteiger partial charge in [0.2, 0.25) is 0 Å². The molecule has 0 nitrogen and oxygen atoms in total. The summed E-state index contributed by atoms with van der Waals surface area (Å²) < 4.78 is 0. The van der Waals surface area contributed by atoms with E-state index in [4.69, 9.17) is 0 Å². The van der Waals surface area contributed by atoms with Crippen LogP contribution in [-0.2, 0) is 0 Å². The standard InChI is InChI=1S/C16H20/c1-10(2)14-6-7-15-12(4)8-11(3)9-13(5)16(14)15/h6-10H,1-5H3. The lowest BCUT2D eigenvalue weighted by atomic mass is 9.96. The Morgan fingerprint density at radius 3 is 2.12 bits per heavy atom. The van der Waals surface area contributed by atoms with Crippen LogP contribution in [0, 0.1) is 20.8 Å². The molecule has 0 heteroatoms. The molecular weight excluding hydrogens is 192 g/mol. The fourth-order valence-electron chi connectivity index (χ4n) is 2.62. The average molecular weight is 212 g/mol. The molecule has 0 aliphatic heterocycles. The normalized spacial score (nSPS) is 11.4. The van der Waals surface area contributed by atoms with E-state index in [0.29, 0.717) is 5.92 Å². The first-order valence-corrected chi connectivity index (χ1v) is 6.01. The van der Waals surface area contributed by atoms with Crippen LogP contribution in [0.3, 0.4) is 0 Å². The highest BCUT2D eigenvalue weighted by Crippen LogP contribution is 2.37. The zero-order chi connectivity index (χ0) is 11.9. The molecular formula is C16H20. The molecule has 0 N–H and O–H groups in total. The lowest BCUT2D eigenvalue weighted by Crippen LogP contribution is -1.88. The maximum Gasteiger partial charge on any atom is -0.0117 e. The fourth-order valence-corrected chi connectivity index (χ4v) is 2.62. The lowest BCUT2D eigenvalue weighted by molar-refractivity contribution is 0.872. The lowest BCUT2D eigenvalue weighted by Gasteiger charge is -2.09. The highest BCUT2D eigenvalue weighted by molar-refractivity contribution is 5.77. The van der Waals surface area contributed by atoms with Crippen LogP contribution in [0.4, 0.5) is 0 Å². The molecule has 2 rings (SSSR count). The first kappa shape index (κ1) is 11.2. The van der Waals surface area contributed by atoms with Gasteiger partial charge in [0.25, 0.3) is 0 Å². The van der Waals surface area contributed by atoms with Crippen molar-refractivity contribution in [1.29, 1.82) is 0 Å². The summed E-state index contributed by atoms with van der Waals surface area (Å²) in [5, 5.41) is 0. The van der Waals surface area contributed by atoms with Crippen molar-refractivity contribution in [3.05, 3.63) is 46.5 Å². The van der Waals surface area contributed by atoms with Gasteiger partial charge in [-0.15, -0.1) is 0 Å². The minimum absolute atomic E-state index is 0.596. The first-order chi connectivity index (χ1) is 7.50. The second kappa shape index (κ2) is 3.93. The van der Waals surface area contributed by atoms with Gasteiger partial charge in [-0.25, -0.2) is 0 Å². The Hall–Kier alpha value is -1.30. The van der Waals surface area contributed by atoms with Gasteiger partial charge < -0.3 is 0 Å². The van der Waals surface area contributed by atoms with Crippen molar-refractivity contribution in [2.45, 2.75) is 40.5 Å². The van der Waals surface area contributed by atoms with E-state index in [1.165, 1.54) is 33.4 Å². The molecule has 16 heavy (non-hydrogen) atoms. The molecule has 0 fully saturated rings. The van der Waals surface area contributed by atoms with Crippen LogP contribution in [0.15, 0.2) is 24.3 Å². The molecule has 0 radical (unpaired) electrons. The predicted molar refractivity (Wildman–Crippen MR) is 71.4 cm³/mol. The number of hydrogen-bond donors (Lipinski definition) is 0. The minimum atomic E-state index is 0.596. The van der Waals surface area contributed by atoms with Crippen molar-refractivity contribution < 1.29 is 0 Å². The Morgan fingerprint density at radius 2 is 1.50 bits per heavy atom. The zero-order valence-electron chi connectivity index (χ0n) is 10.9. The van der Waals surface area contributed by atoms with Crippen LogP contribution in [0.25, 0.3) is 11.1 Å². The summed E-state index contributed by atoms with van der Waals surface area (Å²) in [6.07, 6.45) is 0. The third kappa shape index (κ3) is 1.73. The summed E-state index contributed by atoms with van der Waals surface area (Å²) in [6, 6.07) is 9.12. The van der Waals surface area contributed by atoms with Gasteiger partial charge in [-0.3, -0.25) is 0 Å². The number of fused-ring (bicyclic) bond motifs is 1. The summed E-state index contributed by atoms with van der Waals surface area (Å²) >= 11 is 0. The quantitative estimate of drug-likeness (QED) is 0.634. The maximum atomic E-state index is 2.29. The second-order valence-corrected chi connectivity index (χ2v) is 5.13. The maximum absolute atomic E-state index is 2.29. The molecule has 2 aliphatic rings. The van der Waals surface area contributed by atoms with E-state index in [0.717, 1.165) is 0 Å². The van der Waals surface area contributed by atoms with Gasteiger partial charge in [-0.1, -0.05) is 43.7 Å². The van der Waals surface area contributed by atoms with Crippen molar-refractivity contribution in [2.24, 2.45) is 0 Å². The molecule has 0 heterocycles. The first-order valence-electron chi connectivity index (χ1n) is 6.01. The third-order valence-electron chi connectivity index (χ3n) is 3.32. The summed E-state index contributed by atoms with van der Waals surface area (Å²) in [5.74, 6) is 0.596.